The molecular formula is C35H43N3O8. The first-order chi connectivity index (χ1) is 21.3. The number of carbonyl (C=O) groups excluding carboxylic acids is 5. The number of benzene rings is 2. The predicted molar refractivity (Wildman–Crippen MR) is 169 cm³/mol. The molecule has 2 unspecified atom stereocenters. The third-order valence-corrected chi connectivity index (χ3v) is 9.88. The number of carbonyl (C=O) groups is 5. The van der Waals surface area contributed by atoms with Crippen LogP contribution in [0, 0.1) is 23.7 Å². The van der Waals surface area contributed by atoms with E-state index in [0.29, 0.717) is 29.0 Å². The fourth-order valence-electron chi connectivity index (χ4n) is 7.89. The molecule has 4 N–H and O–H groups in total. The van der Waals surface area contributed by atoms with Crippen molar-refractivity contribution in [3.63, 3.8) is 0 Å². The molecule has 3 aliphatic carbocycles. The van der Waals surface area contributed by atoms with Crippen LogP contribution in [0.3, 0.4) is 0 Å². The number of aliphatic hydroxyl groups is 1. The summed E-state index contributed by atoms with van der Waals surface area (Å²) < 4.78 is 5.63. The van der Waals surface area contributed by atoms with Crippen LogP contribution < -0.4 is 10.5 Å². The number of Topliss-reactive ketones (excluding diaryl/α,β-unsaturated/α-hetero) is 4. The van der Waals surface area contributed by atoms with Crippen molar-refractivity contribution in [2.45, 2.75) is 57.2 Å². The number of methoxy groups -OCH3 is 1. The molecule has 0 saturated heterocycles. The second-order valence-corrected chi connectivity index (χ2v) is 14.5. The van der Waals surface area contributed by atoms with Crippen LogP contribution >= 0.6 is 0 Å². The summed E-state index contributed by atoms with van der Waals surface area (Å²) in [5.41, 5.74) is 5.50. The van der Waals surface area contributed by atoms with E-state index >= 15 is 0 Å². The highest BCUT2D eigenvalue weighted by atomic mass is 16.5. The lowest BCUT2D eigenvalue weighted by Crippen LogP contribution is -2.74. The molecule has 11 heteroatoms. The molecule has 2 saturated carbocycles. The molecule has 0 aromatic heterocycles. The van der Waals surface area contributed by atoms with Crippen LogP contribution in [0.5, 0.6) is 11.5 Å². The topological polar surface area (TPSA) is 168 Å². The van der Waals surface area contributed by atoms with Gasteiger partial charge >= 0.3 is 0 Å². The Morgan fingerprint density at radius 1 is 1.04 bits per heavy atom. The van der Waals surface area contributed by atoms with Crippen molar-refractivity contribution in [2.24, 2.45) is 29.4 Å². The van der Waals surface area contributed by atoms with E-state index in [2.05, 4.69) is 0 Å². The summed E-state index contributed by atoms with van der Waals surface area (Å²) in [5, 5.41) is 23.6. The highest BCUT2D eigenvalue weighted by molar-refractivity contribution is 6.32. The standard InChI is InChI=1S/C35H43N3O8/c1-34(2,3)23-14-20(17-9-16(15-37(4)5)10-19(11-17)46-8)21-12-18-13-22-27(38(6)7)30(41)26(33(36)44)32(43)35(22,45)31(42)24(18)29(40)25(21)28(23)39/h9-11,14,18,22,24,26-27,39,45H,12-13,15H2,1-8H3,(H2,36,44)/t18-,22-,24?,26?,27-,35-/m0/s1. The summed E-state index contributed by atoms with van der Waals surface area (Å²) in [6, 6.07) is 6.52. The quantitative estimate of drug-likeness (QED) is 0.400. The minimum absolute atomic E-state index is 0.0187. The first kappa shape index (κ1) is 33.4. The molecule has 6 atom stereocenters. The monoisotopic (exact) mass is 633 g/mol. The minimum Gasteiger partial charge on any atom is -0.507 e. The number of aromatic hydroxyl groups is 1. The molecule has 0 radical (unpaired) electrons. The number of primary amides is 1. The van der Waals surface area contributed by atoms with Crippen LogP contribution in [0.4, 0.5) is 0 Å². The third-order valence-electron chi connectivity index (χ3n) is 9.88. The zero-order valence-corrected chi connectivity index (χ0v) is 27.6. The third kappa shape index (κ3) is 5.05. The van der Waals surface area contributed by atoms with Crippen LogP contribution in [0.15, 0.2) is 24.3 Å². The average Bonchev–Trinajstić information content (AvgIpc) is 2.93. The molecule has 0 spiro atoms. The van der Waals surface area contributed by atoms with E-state index in [1.807, 2.05) is 64.0 Å². The van der Waals surface area contributed by atoms with Crippen molar-refractivity contribution in [3.8, 4) is 22.6 Å². The van der Waals surface area contributed by atoms with Gasteiger partial charge in [-0.1, -0.05) is 20.8 Å². The summed E-state index contributed by atoms with van der Waals surface area (Å²) in [5.74, 6) is -10.1. The summed E-state index contributed by atoms with van der Waals surface area (Å²) in [7, 11) is 8.60. The van der Waals surface area contributed by atoms with Crippen molar-refractivity contribution in [2.75, 3.05) is 35.3 Å². The summed E-state index contributed by atoms with van der Waals surface area (Å²) in [4.78, 5) is 71.6. The van der Waals surface area contributed by atoms with E-state index < -0.39 is 69.8 Å². The molecule has 0 heterocycles. The normalized spacial score (nSPS) is 27.8. The summed E-state index contributed by atoms with van der Waals surface area (Å²) in [6.45, 7) is 6.33. The first-order valence-corrected chi connectivity index (χ1v) is 15.4. The van der Waals surface area contributed by atoms with Gasteiger partial charge in [0.05, 0.1) is 24.6 Å². The van der Waals surface area contributed by atoms with Crippen LogP contribution in [0.2, 0.25) is 0 Å². The number of nitrogens with zero attached hydrogens (tertiary/aromatic N) is 2. The maximum Gasteiger partial charge on any atom is 0.235 e. The summed E-state index contributed by atoms with van der Waals surface area (Å²) in [6.07, 6.45) is 0.147. The van der Waals surface area contributed by atoms with Crippen LogP contribution in [0.1, 0.15) is 54.2 Å². The van der Waals surface area contributed by atoms with Gasteiger partial charge in [-0.2, -0.15) is 0 Å². The Hall–Kier alpha value is -3.93. The molecule has 1 amide bonds. The molecule has 2 aromatic rings. The zero-order valence-electron chi connectivity index (χ0n) is 27.6. The lowest BCUT2D eigenvalue weighted by atomic mass is 9.52. The Labute approximate surface area is 268 Å². The number of fused-ring (bicyclic) bond motifs is 3. The second kappa shape index (κ2) is 11.4. The fraction of sp³-hybridized carbons (Fsp3) is 0.514. The first-order valence-electron chi connectivity index (χ1n) is 15.4. The Kier molecular flexibility index (Phi) is 8.28. The Morgan fingerprint density at radius 2 is 1.70 bits per heavy atom. The van der Waals surface area contributed by atoms with Gasteiger partial charge in [0.1, 0.15) is 11.5 Å². The number of hydrogen-bond acceptors (Lipinski definition) is 10. The number of ether oxygens (including phenoxy) is 1. The molecule has 0 aliphatic heterocycles. The summed E-state index contributed by atoms with van der Waals surface area (Å²) >= 11 is 0. The van der Waals surface area contributed by atoms with Gasteiger partial charge in [0.15, 0.2) is 34.7 Å². The number of ketones is 4. The molecule has 0 bridgehead atoms. The van der Waals surface area contributed by atoms with Gasteiger partial charge in [0.2, 0.25) is 5.91 Å². The molecule has 46 heavy (non-hydrogen) atoms. The van der Waals surface area contributed by atoms with Crippen LogP contribution in [-0.2, 0) is 37.6 Å². The van der Waals surface area contributed by atoms with Crippen molar-refractivity contribution >= 4 is 29.0 Å². The second-order valence-electron chi connectivity index (χ2n) is 14.5. The van der Waals surface area contributed by atoms with Crippen molar-refractivity contribution in [1.29, 1.82) is 0 Å². The molecule has 5 rings (SSSR count). The number of phenolic OH excluding ortho intramolecular Hbond substituents is 1. The molecule has 2 aromatic carbocycles. The van der Waals surface area contributed by atoms with Gasteiger partial charge in [-0.25, -0.2) is 0 Å². The zero-order chi connectivity index (χ0) is 34.2. The fourth-order valence-corrected chi connectivity index (χ4v) is 7.89. The van der Waals surface area contributed by atoms with Gasteiger partial charge in [-0.3, -0.25) is 28.9 Å². The Bertz CT molecular complexity index is 1670. The van der Waals surface area contributed by atoms with Gasteiger partial charge < -0.3 is 25.6 Å². The van der Waals surface area contributed by atoms with Crippen molar-refractivity contribution in [1.82, 2.24) is 9.80 Å². The van der Waals surface area contributed by atoms with E-state index in [0.717, 1.165) is 11.1 Å². The lowest BCUT2D eigenvalue weighted by Gasteiger charge is -2.52. The molecule has 2 fully saturated rings. The average molecular weight is 634 g/mol. The minimum atomic E-state index is -2.77. The maximum absolute atomic E-state index is 14.5. The van der Waals surface area contributed by atoms with E-state index in [1.54, 1.807) is 21.2 Å². The van der Waals surface area contributed by atoms with Crippen molar-refractivity contribution < 1.29 is 38.9 Å². The van der Waals surface area contributed by atoms with E-state index in [1.165, 1.54) is 4.90 Å². The number of phenols is 1. The van der Waals surface area contributed by atoms with Gasteiger partial charge in [0.25, 0.3) is 0 Å². The van der Waals surface area contributed by atoms with Gasteiger partial charge in [0, 0.05) is 18.0 Å². The maximum atomic E-state index is 14.5. The molecule has 3 aliphatic rings. The lowest BCUT2D eigenvalue weighted by molar-refractivity contribution is -0.181. The smallest absolute Gasteiger partial charge is 0.235 e. The molecule has 11 nitrogen and oxygen atoms in total. The van der Waals surface area contributed by atoms with Crippen molar-refractivity contribution in [3.05, 3.63) is 46.5 Å². The van der Waals surface area contributed by atoms with E-state index in [9.17, 15) is 34.2 Å². The predicted octanol–water partition coefficient (Wildman–Crippen LogP) is 1.90. The number of hydrogen-bond donors (Lipinski definition) is 3. The van der Waals surface area contributed by atoms with Gasteiger partial charge in [-0.05, 0) is 98.9 Å². The van der Waals surface area contributed by atoms with Crippen LogP contribution in [0.25, 0.3) is 11.1 Å². The van der Waals surface area contributed by atoms with Gasteiger partial charge in [-0.15, -0.1) is 0 Å². The highest BCUT2D eigenvalue weighted by Gasteiger charge is 2.69. The molecule has 246 valence electrons. The molecular weight excluding hydrogens is 590 g/mol. The number of nitrogens with two attached hydrogens (primary N) is 1. The largest absolute Gasteiger partial charge is 0.507 e. The Balaban J connectivity index is 1.74. The number of rotatable bonds is 6. The number of likely N-dealkylation sites (N-methyl/N-ethyl adjacent to an activating group) is 1. The SMILES string of the molecule is COc1cc(CN(C)C)cc(-c2cc(C(C)(C)C)c(O)c3c2C[C@H]2C[C@H]4[C@H](N(C)C)C(=O)C(C(N)=O)C(=O)[C@@]4(O)C(=O)C2C3=O)c1. The van der Waals surface area contributed by atoms with Crippen LogP contribution in [-0.4, -0.2) is 96.0 Å². The van der Waals surface area contributed by atoms with E-state index in [-0.39, 0.29) is 24.2 Å². The Morgan fingerprint density at radius 3 is 2.24 bits per heavy atom. The van der Waals surface area contributed by atoms with E-state index in [4.69, 9.17) is 10.5 Å². The highest BCUT2D eigenvalue weighted by Crippen LogP contribution is 2.53. The number of amides is 1.